The van der Waals surface area contributed by atoms with Gasteiger partial charge in [0, 0.05) is 13.1 Å². The molecule has 0 spiro atoms. The molecular weight excluding hydrogens is 374 g/mol. The third kappa shape index (κ3) is 3.35. The number of benzene rings is 2. The van der Waals surface area contributed by atoms with Crippen LogP contribution in [0.15, 0.2) is 60.2 Å². The van der Waals surface area contributed by atoms with Crippen LogP contribution in [0.1, 0.15) is 42.4 Å². The fraction of sp³-hybridized carbons (Fsp3) is 0.346. The summed E-state index contributed by atoms with van der Waals surface area (Å²) in [7, 11) is 1.31. The number of amides is 1. The van der Waals surface area contributed by atoms with Gasteiger partial charge in [0.15, 0.2) is 0 Å². The molecule has 4 saturated carbocycles. The molecule has 0 aromatic heterocycles. The molecule has 0 aliphatic heterocycles. The topological polar surface area (TPSA) is 60.8 Å². The van der Waals surface area contributed by atoms with Gasteiger partial charge in [-0.25, -0.2) is 5.06 Å². The fourth-order valence-corrected chi connectivity index (χ4v) is 6.05. The Morgan fingerprint density at radius 1 is 0.967 bits per heavy atom. The largest absolute Gasteiger partial charge is 0.508 e. The SMILES string of the molecule is CN(O)C(=O)/C=C/c1ccc(/C(=C2/C3CC4CC(C3)C2C4)c2ccc(O)cc2)cc1. The zero-order valence-corrected chi connectivity index (χ0v) is 17.2. The van der Waals surface area contributed by atoms with Crippen LogP contribution in [-0.4, -0.2) is 28.3 Å². The molecule has 4 fully saturated rings. The second kappa shape index (κ2) is 7.44. The summed E-state index contributed by atoms with van der Waals surface area (Å²) in [4.78, 5) is 11.6. The molecule has 4 unspecified atom stereocenters. The van der Waals surface area contributed by atoms with E-state index in [-0.39, 0.29) is 5.75 Å². The second-order valence-corrected chi connectivity index (χ2v) is 9.07. The Morgan fingerprint density at radius 2 is 1.63 bits per heavy atom. The Balaban J connectivity index is 1.54. The molecule has 154 valence electrons. The van der Waals surface area contributed by atoms with Crippen LogP contribution in [0, 0.1) is 23.7 Å². The number of phenols is 1. The summed E-state index contributed by atoms with van der Waals surface area (Å²) in [5, 5.41) is 19.6. The van der Waals surface area contributed by atoms with E-state index < -0.39 is 5.91 Å². The Labute approximate surface area is 177 Å². The monoisotopic (exact) mass is 401 g/mol. The number of allylic oxidation sites excluding steroid dienone is 1. The van der Waals surface area contributed by atoms with E-state index in [1.54, 1.807) is 23.8 Å². The van der Waals surface area contributed by atoms with Gasteiger partial charge in [-0.1, -0.05) is 42.0 Å². The number of aromatic hydroxyl groups is 1. The molecule has 0 radical (unpaired) electrons. The molecule has 6 rings (SSSR count). The maximum absolute atomic E-state index is 11.6. The highest BCUT2D eigenvalue weighted by Crippen LogP contribution is 2.62. The Kier molecular flexibility index (Phi) is 4.75. The summed E-state index contributed by atoms with van der Waals surface area (Å²) in [6.45, 7) is 0. The van der Waals surface area contributed by atoms with E-state index in [1.807, 2.05) is 24.3 Å². The molecule has 0 saturated heterocycles. The first-order chi connectivity index (χ1) is 14.5. The third-order valence-corrected chi connectivity index (χ3v) is 7.22. The zero-order chi connectivity index (χ0) is 20.8. The Hall–Kier alpha value is -2.85. The lowest BCUT2D eigenvalue weighted by atomic mass is 9.75. The van der Waals surface area contributed by atoms with Gasteiger partial charge in [-0.3, -0.25) is 10.0 Å². The van der Waals surface area contributed by atoms with Gasteiger partial charge in [-0.05, 0) is 89.8 Å². The molecule has 4 nitrogen and oxygen atoms in total. The standard InChI is InChI=1S/C26H27NO3/c1-27(30)24(29)11-4-16-2-5-18(6-3-16)25(19-7-9-22(28)10-8-19)26-21-13-17-12-20(15-21)23(26)14-17/h2-11,17,20-21,23,28,30H,12-15H2,1H3/b11-4+,26-25+. The van der Waals surface area contributed by atoms with Crippen molar-refractivity contribution in [2.75, 3.05) is 7.05 Å². The van der Waals surface area contributed by atoms with Crippen molar-refractivity contribution in [3.8, 4) is 5.75 Å². The minimum Gasteiger partial charge on any atom is -0.508 e. The van der Waals surface area contributed by atoms with E-state index in [0.717, 1.165) is 17.4 Å². The minimum atomic E-state index is -0.455. The maximum atomic E-state index is 11.6. The van der Waals surface area contributed by atoms with Crippen molar-refractivity contribution in [3.05, 3.63) is 76.9 Å². The van der Waals surface area contributed by atoms with Crippen molar-refractivity contribution in [2.45, 2.75) is 25.7 Å². The van der Waals surface area contributed by atoms with Crippen LogP contribution in [-0.2, 0) is 4.79 Å². The normalized spacial score (nSPS) is 28.3. The smallest absolute Gasteiger partial charge is 0.269 e. The van der Waals surface area contributed by atoms with Crippen LogP contribution < -0.4 is 0 Å². The molecule has 1 amide bonds. The number of hydrogen-bond donors (Lipinski definition) is 2. The first-order valence-electron chi connectivity index (χ1n) is 10.8. The number of hydroxylamine groups is 2. The lowest BCUT2D eigenvalue weighted by Gasteiger charge is -2.30. The molecule has 2 aromatic rings. The highest BCUT2D eigenvalue weighted by Gasteiger charge is 2.51. The molecule has 30 heavy (non-hydrogen) atoms. The maximum Gasteiger partial charge on any atom is 0.269 e. The molecule has 4 bridgehead atoms. The number of rotatable bonds is 4. The van der Waals surface area contributed by atoms with Crippen molar-refractivity contribution in [2.24, 2.45) is 23.7 Å². The van der Waals surface area contributed by atoms with Crippen molar-refractivity contribution < 1.29 is 15.1 Å². The first-order valence-corrected chi connectivity index (χ1v) is 10.8. The van der Waals surface area contributed by atoms with Gasteiger partial charge >= 0.3 is 0 Å². The fourth-order valence-electron chi connectivity index (χ4n) is 6.05. The van der Waals surface area contributed by atoms with E-state index in [1.165, 1.54) is 55.5 Å². The average molecular weight is 402 g/mol. The minimum absolute atomic E-state index is 0.288. The predicted octanol–water partition coefficient (Wildman–Crippen LogP) is 5.12. The summed E-state index contributed by atoms with van der Waals surface area (Å²) < 4.78 is 0. The average Bonchev–Trinajstić information content (AvgIpc) is 3.16. The highest BCUT2D eigenvalue weighted by molar-refractivity contribution is 5.91. The van der Waals surface area contributed by atoms with E-state index in [9.17, 15) is 15.1 Å². The van der Waals surface area contributed by atoms with Gasteiger partial charge < -0.3 is 5.11 Å². The summed E-state index contributed by atoms with van der Waals surface area (Å²) >= 11 is 0. The van der Waals surface area contributed by atoms with Gasteiger partial charge in [0.1, 0.15) is 5.75 Å². The molecule has 4 aliphatic carbocycles. The molecule has 4 atom stereocenters. The number of phenolic OH excluding ortho intramolecular Hbond substituents is 1. The van der Waals surface area contributed by atoms with Crippen LogP contribution in [0.5, 0.6) is 5.75 Å². The van der Waals surface area contributed by atoms with Crippen molar-refractivity contribution in [1.82, 2.24) is 5.06 Å². The Bertz CT molecular complexity index is 1010. The summed E-state index contributed by atoms with van der Waals surface area (Å²) in [5.74, 6) is 2.99. The number of likely N-dealkylation sites (N-methyl/N-ethyl adjacent to an activating group) is 1. The summed E-state index contributed by atoms with van der Waals surface area (Å²) in [6.07, 6.45) is 8.45. The van der Waals surface area contributed by atoms with Crippen LogP contribution in [0.2, 0.25) is 0 Å². The number of carbonyl (C=O) groups is 1. The van der Waals surface area contributed by atoms with Gasteiger partial charge in [-0.15, -0.1) is 0 Å². The molecule has 0 heterocycles. The highest BCUT2D eigenvalue weighted by atomic mass is 16.5. The van der Waals surface area contributed by atoms with Crippen LogP contribution >= 0.6 is 0 Å². The first kappa shape index (κ1) is 19.1. The lowest BCUT2D eigenvalue weighted by molar-refractivity contribution is -0.153. The van der Waals surface area contributed by atoms with E-state index >= 15 is 0 Å². The van der Waals surface area contributed by atoms with E-state index in [0.29, 0.717) is 16.9 Å². The van der Waals surface area contributed by atoms with Gasteiger partial charge in [0.2, 0.25) is 0 Å². The quantitative estimate of drug-likeness (QED) is 0.425. The predicted molar refractivity (Wildman–Crippen MR) is 117 cm³/mol. The number of hydrogen-bond acceptors (Lipinski definition) is 3. The molecular formula is C26H27NO3. The van der Waals surface area contributed by atoms with Crippen LogP contribution in [0.25, 0.3) is 11.6 Å². The van der Waals surface area contributed by atoms with Crippen molar-refractivity contribution in [1.29, 1.82) is 0 Å². The van der Waals surface area contributed by atoms with Crippen molar-refractivity contribution >= 4 is 17.6 Å². The number of carbonyl (C=O) groups excluding carboxylic acids is 1. The van der Waals surface area contributed by atoms with Crippen LogP contribution in [0.3, 0.4) is 0 Å². The second-order valence-electron chi connectivity index (χ2n) is 9.07. The Morgan fingerprint density at radius 3 is 2.27 bits per heavy atom. The van der Waals surface area contributed by atoms with Crippen molar-refractivity contribution in [3.63, 3.8) is 0 Å². The molecule has 4 aliphatic rings. The van der Waals surface area contributed by atoms with Gasteiger partial charge in [0.05, 0.1) is 0 Å². The van der Waals surface area contributed by atoms with Gasteiger partial charge in [-0.2, -0.15) is 0 Å². The lowest BCUT2D eigenvalue weighted by Crippen LogP contribution is -2.19. The van der Waals surface area contributed by atoms with E-state index in [2.05, 4.69) is 12.1 Å². The van der Waals surface area contributed by atoms with Gasteiger partial charge in [0.25, 0.3) is 5.91 Å². The third-order valence-electron chi connectivity index (χ3n) is 7.22. The summed E-state index contributed by atoms with van der Waals surface area (Å²) in [6, 6.07) is 15.9. The molecule has 2 N–H and O–H groups in total. The number of nitrogens with zero attached hydrogens (tertiary/aromatic N) is 1. The van der Waals surface area contributed by atoms with Crippen LogP contribution in [0.4, 0.5) is 0 Å². The van der Waals surface area contributed by atoms with E-state index in [4.69, 9.17) is 0 Å². The summed E-state index contributed by atoms with van der Waals surface area (Å²) in [5.41, 5.74) is 6.22. The zero-order valence-electron chi connectivity index (χ0n) is 17.2. The molecule has 2 aromatic carbocycles. The molecule has 4 heteroatoms.